The number of aliphatic hydroxyl groups excluding tert-OH is 1. The molecule has 100 valence electrons. The normalized spacial score (nSPS) is 22.2. The highest BCUT2D eigenvalue weighted by Gasteiger charge is 2.26. The lowest BCUT2D eigenvalue weighted by Crippen LogP contribution is -2.26. The monoisotopic (exact) mass is 248 g/mol. The van der Waals surface area contributed by atoms with E-state index in [1.165, 1.54) is 5.56 Å². The third kappa shape index (κ3) is 2.86. The van der Waals surface area contributed by atoms with Crippen LogP contribution in [-0.2, 0) is 0 Å². The molecule has 0 spiro atoms. The molecular formula is C16H24O2. The van der Waals surface area contributed by atoms with Gasteiger partial charge in [0.15, 0.2) is 0 Å². The molecule has 0 saturated heterocycles. The van der Waals surface area contributed by atoms with E-state index in [0.29, 0.717) is 17.8 Å². The topological polar surface area (TPSA) is 29.5 Å². The molecule has 0 bridgehead atoms. The van der Waals surface area contributed by atoms with Crippen molar-refractivity contribution in [2.75, 3.05) is 6.61 Å². The first-order valence-corrected chi connectivity index (χ1v) is 6.99. The Morgan fingerprint density at radius 2 is 2.00 bits per heavy atom. The number of benzene rings is 1. The van der Waals surface area contributed by atoms with E-state index in [1.807, 2.05) is 12.1 Å². The number of rotatable bonds is 4. The Morgan fingerprint density at radius 3 is 2.72 bits per heavy atom. The first-order chi connectivity index (χ1) is 8.59. The van der Waals surface area contributed by atoms with Crippen LogP contribution in [0.2, 0.25) is 0 Å². The van der Waals surface area contributed by atoms with Crippen molar-refractivity contribution < 1.29 is 9.84 Å². The van der Waals surface area contributed by atoms with Crippen LogP contribution in [0.1, 0.15) is 45.1 Å². The predicted molar refractivity (Wildman–Crippen MR) is 73.9 cm³/mol. The largest absolute Gasteiger partial charge is 0.493 e. The summed E-state index contributed by atoms with van der Waals surface area (Å²) >= 11 is 0. The van der Waals surface area contributed by atoms with Crippen LogP contribution in [0.4, 0.5) is 0 Å². The van der Waals surface area contributed by atoms with Gasteiger partial charge < -0.3 is 9.84 Å². The molecule has 0 radical (unpaired) electrons. The molecule has 2 heteroatoms. The van der Waals surface area contributed by atoms with Crippen molar-refractivity contribution in [3.8, 4) is 5.75 Å². The highest BCUT2D eigenvalue weighted by Crippen LogP contribution is 2.37. The zero-order chi connectivity index (χ0) is 13.1. The molecular weight excluding hydrogens is 224 g/mol. The molecule has 1 aromatic carbocycles. The first kappa shape index (κ1) is 13.4. The van der Waals surface area contributed by atoms with Crippen molar-refractivity contribution >= 4 is 0 Å². The molecule has 1 heterocycles. The van der Waals surface area contributed by atoms with Crippen molar-refractivity contribution in [1.82, 2.24) is 0 Å². The smallest absolute Gasteiger partial charge is 0.122 e. The summed E-state index contributed by atoms with van der Waals surface area (Å²) in [6.45, 7) is 7.25. The van der Waals surface area contributed by atoms with E-state index < -0.39 is 0 Å². The molecule has 0 saturated carbocycles. The van der Waals surface area contributed by atoms with E-state index in [2.05, 4.69) is 32.9 Å². The van der Waals surface area contributed by atoms with Crippen molar-refractivity contribution in [1.29, 1.82) is 0 Å². The molecule has 2 rings (SSSR count). The van der Waals surface area contributed by atoms with Crippen LogP contribution < -0.4 is 4.74 Å². The highest BCUT2D eigenvalue weighted by atomic mass is 16.5. The van der Waals surface area contributed by atoms with E-state index >= 15 is 0 Å². The molecule has 3 unspecified atom stereocenters. The van der Waals surface area contributed by atoms with E-state index in [0.717, 1.165) is 25.2 Å². The number of fused-ring (bicyclic) bond motifs is 1. The van der Waals surface area contributed by atoms with Gasteiger partial charge in [0, 0.05) is 0 Å². The standard InChI is InChI=1S/C16H24O2/c1-11(2)12(3)15(17)10-13-8-9-18-16-7-5-4-6-14(13)16/h4-7,11-13,15,17H,8-10H2,1-3H3. The Morgan fingerprint density at radius 1 is 1.28 bits per heavy atom. The van der Waals surface area contributed by atoms with Gasteiger partial charge in [0.05, 0.1) is 12.7 Å². The fraction of sp³-hybridized carbons (Fsp3) is 0.625. The zero-order valence-corrected chi connectivity index (χ0v) is 11.6. The SMILES string of the molecule is CC(C)C(C)C(O)CC1CCOc2ccccc21. The van der Waals surface area contributed by atoms with Crippen LogP contribution in [0.15, 0.2) is 24.3 Å². The number of para-hydroxylation sites is 1. The van der Waals surface area contributed by atoms with Crippen molar-refractivity contribution in [3.05, 3.63) is 29.8 Å². The molecule has 1 aliphatic rings. The van der Waals surface area contributed by atoms with Crippen LogP contribution in [0.3, 0.4) is 0 Å². The maximum atomic E-state index is 10.3. The first-order valence-electron chi connectivity index (χ1n) is 6.99. The van der Waals surface area contributed by atoms with Gasteiger partial charge in [-0.15, -0.1) is 0 Å². The van der Waals surface area contributed by atoms with Gasteiger partial charge in [-0.05, 0) is 42.2 Å². The van der Waals surface area contributed by atoms with Gasteiger partial charge in [0.2, 0.25) is 0 Å². The average Bonchev–Trinajstić information content (AvgIpc) is 2.38. The molecule has 0 aromatic heterocycles. The summed E-state index contributed by atoms with van der Waals surface area (Å²) in [6, 6.07) is 8.22. The highest BCUT2D eigenvalue weighted by molar-refractivity contribution is 5.37. The van der Waals surface area contributed by atoms with Crippen molar-refractivity contribution in [3.63, 3.8) is 0 Å². The second kappa shape index (κ2) is 5.75. The Balaban J connectivity index is 2.07. The van der Waals surface area contributed by atoms with Crippen molar-refractivity contribution in [2.24, 2.45) is 11.8 Å². The second-order valence-corrected chi connectivity index (χ2v) is 5.78. The lowest BCUT2D eigenvalue weighted by atomic mass is 9.82. The minimum Gasteiger partial charge on any atom is -0.493 e. The molecule has 2 nitrogen and oxygen atoms in total. The Bertz CT molecular complexity index is 386. The lowest BCUT2D eigenvalue weighted by Gasteiger charge is -2.30. The summed E-state index contributed by atoms with van der Waals surface area (Å²) in [5.41, 5.74) is 1.26. The maximum absolute atomic E-state index is 10.3. The fourth-order valence-electron chi connectivity index (χ4n) is 2.61. The van der Waals surface area contributed by atoms with E-state index in [9.17, 15) is 5.11 Å². The number of hydrogen-bond donors (Lipinski definition) is 1. The molecule has 0 aliphatic carbocycles. The zero-order valence-electron chi connectivity index (χ0n) is 11.6. The van der Waals surface area contributed by atoms with E-state index in [4.69, 9.17) is 4.74 Å². The van der Waals surface area contributed by atoms with Gasteiger partial charge >= 0.3 is 0 Å². The van der Waals surface area contributed by atoms with Gasteiger partial charge in [-0.2, -0.15) is 0 Å². The van der Waals surface area contributed by atoms with Gasteiger partial charge in [0.25, 0.3) is 0 Å². The van der Waals surface area contributed by atoms with E-state index in [-0.39, 0.29) is 6.10 Å². The van der Waals surface area contributed by atoms with Crippen molar-refractivity contribution in [2.45, 2.75) is 45.6 Å². The van der Waals surface area contributed by atoms with E-state index in [1.54, 1.807) is 0 Å². The van der Waals surface area contributed by atoms with Gasteiger partial charge in [-0.1, -0.05) is 39.0 Å². The summed E-state index contributed by atoms with van der Waals surface area (Å²) in [7, 11) is 0. The Hall–Kier alpha value is -1.02. The second-order valence-electron chi connectivity index (χ2n) is 5.78. The Labute approximate surface area is 110 Å². The number of ether oxygens (including phenoxy) is 1. The lowest BCUT2D eigenvalue weighted by molar-refractivity contribution is 0.0720. The van der Waals surface area contributed by atoms with Gasteiger partial charge in [-0.25, -0.2) is 0 Å². The minimum absolute atomic E-state index is 0.221. The number of hydrogen-bond acceptors (Lipinski definition) is 2. The summed E-state index contributed by atoms with van der Waals surface area (Å²) in [6.07, 6.45) is 1.64. The van der Waals surface area contributed by atoms with Crippen LogP contribution in [-0.4, -0.2) is 17.8 Å². The molecule has 0 amide bonds. The summed E-state index contributed by atoms with van der Waals surface area (Å²) in [5, 5.41) is 10.3. The third-order valence-corrected chi connectivity index (χ3v) is 4.27. The summed E-state index contributed by atoms with van der Waals surface area (Å²) < 4.78 is 5.66. The maximum Gasteiger partial charge on any atom is 0.122 e. The minimum atomic E-state index is -0.221. The predicted octanol–water partition coefficient (Wildman–Crippen LogP) is 3.60. The van der Waals surface area contributed by atoms with Gasteiger partial charge in [-0.3, -0.25) is 0 Å². The summed E-state index contributed by atoms with van der Waals surface area (Å²) in [5.74, 6) is 2.30. The third-order valence-electron chi connectivity index (χ3n) is 4.27. The molecule has 1 aliphatic heterocycles. The molecule has 18 heavy (non-hydrogen) atoms. The number of aliphatic hydroxyl groups is 1. The fourth-order valence-corrected chi connectivity index (χ4v) is 2.61. The Kier molecular flexibility index (Phi) is 4.28. The van der Waals surface area contributed by atoms with Crippen LogP contribution in [0, 0.1) is 11.8 Å². The van der Waals surface area contributed by atoms with Crippen LogP contribution >= 0.6 is 0 Å². The van der Waals surface area contributed by atoms with Gasteiger partial charge in [0.1, 0.15) is 5.75 Å². The summed E-state index contributed by atoms with van der Waals surface area (Å²) in [4.78, 5) is 0. The molecule has 1 aromatic rings. The molecule has 3 atom stereocenters. The van der Waals surface area contributed by atoms with Crippen LogP contribution in [0.25, 0.3) is 0 Å². The molecule has 0 fully saturated rings. The quantitative estimate of drug-likeness (QED) is 0.882. The van der Waals surface area contributed by atoms with Crippen LogP contribution in [0.5, 0.6) is 5.75 Å². The average molecular weight is 248 g/mol. The molecule has 1 N–H and O–H groups in total.